The van der Waals surface area contributed by atoms with Crippen LogP contribution in [0.1, 0.15) is 24.6 Å². The van der Waals surface area contributed by atoms with Gasteiger partial charge in [0.05, 0.1) is 11.6 Å². The van der Waals surface area contributed by atoms with Crippen molar-refractivity contribution in [3.8, 4) is 0 Å². The number of hydrogen-bond donors (Lipinski definition) is 2. The number of pyridine rings is 1. The Balaban J connectivity index is 2.47. The van der Waals surface area contributed by atoms with Gasteiger partial charge >= 0.3 is 0 Å². The molecule has 2 N–H and O–H groups in total. The Morgan fingerprint density at radius 2 is 2.18 bits per heavy atom. The van der Waals surface area contributed by atoms with E-state index in [1.54, 1.807) is 11.8 Å². The van der Waals surface area contributed by atoms with Crippen LogP contribution in [-0.2, 0) is 0 Å². The lowest BCUT2D eigenvalue weighted by Crippen LogP contribution is -2.35. The third-order valence-corrected chi connectivity index (χ3v) is 3.48. The summed E-state index contributed by atoms with van der Waals surface area (Å²) in [4.78, 5) is 4.47. The van der Waals surface area contributed by atoms with Crippen molar-refractivity contribution in [1.29, 1.82) is 0 Å². The maximum Gasteiger partial charge on any atom is 0.0966 e. The van der Waals surface area contributed by atoms with Crippen molar-refractivity contribution in [2.45, 2.75) is 38.3 Å². The van der Waals surface area contributed by atoms with Crippen LogP contribution < -0.4 is 5.32 Å². The van der Waals surface area contributed by atoms with Crippen molar-refractivity contribution >= 4 is 11.8 Å². The molecule has 0 aliphatic rings. The molecule has 1 aromatic rings. The monoisotopic (exact) mass is 254 g/mol. The summed E-state index contributed by atoms with van der Waals surface area (Å²) in [6.45, 7) is 7.34. The van der Waals surface area contributed by atoms with Crippen molar-refractivity contribution in [3.63, 3.8) is 0 Å². The predicted molar refractivity (Wildman–Crippen MR) is 73.6 cm³/mol. The van der Waals surface area contributed by atoms with Crippen LogP contribution in [-0.4, -0.2) is 35.0 Å². The molecule has 0 aliphatic carbocycles. The minimum Gasteiger partial charge on any atom is -0.395 e. The molecule has 1 aromatic heterocycles. The van der Waals surface area contributed by atoms with Gasteiger partial charge in [-0.25, -0.2) is 4.98 Å². The summed E-state index contributed by atoms with van der Waals surface area (Å²) >= 11 is 1.70. The molecule has 1 atom stereocenters. The van der Waals surface area contributed by atoms with Crippen molar-refractivity contribution in [2.24, 2.45) is 0 Å². The molecule has 0 bridgehead atoms. The van der Waals surface area contributed by atoms with Gasteiger partial charge in [-0.1, -0.05) is 6.92 Å². The number of rotatable bonds is 7. The Morgan fingerprint density at radius 3 is 2.76 bits per heavy atom. The highest BCUT2D eigenvalue weighted by Crippen LogP contribution is 2.18. The Bertz CT molecular complexity index is 324. The van der Waals surface area contributed by atoms with Gasteiger partial charge in [-0.2, -0.15) is 0 Å². The zero-order chi connectivity index (χ0) is 12.7. The lowest BCUT2D eigenvalue weighted by Gasteiger charge is -2.15. The predicted octanol–water partition coefficient (Wildman–Crippen LogP) is 2.15. The van der Waals surface area contributed by atoms with E-state index in [-0.39, 0.29) is 12.6 Å². The quantitative estimate of drug-likeness (QED) is 0.732. The van der Waals surface area contributed by atoms with E-state index in [0.29, 0.717) is 0 Å². The topological polar surface area (TPSA) is 45.1 Å². The fraction of sp³-hybridized carbons (Fsp3) is 0.615. The average molecular weight is 254 g/mol. The first-order valence-electron chi connectivity index (χ1n) is 6.08. The van der Waals surface area contributed by atoms with Crippen molar-refractivity contribution in [1.82, 2.24) is 10.3 Å². The van der Waals surface area contributed by atoms with Crippen LogP contribution in [0.25, 0.3) is 0 Å². The van der Waals surface area contributed by atoms with Crippen LogP contribution in [0.5, 0.6) is 0 Å². The summed E-state index contributed by atoms with van der Waals surface area (Å²) in [5.41, 5.74) is 2.29. The molecular formula is C13H22N2OS. The van der Waals surface area contributed by atoms with Gasteiger partial charge < -0.3 is 10.4 Å². The lowest BCUT2D eigenvalue weighted by atomic mass is 10.3. The van der Waals surface area contributed by atoms with Crippen LogP contribution in [0.3, 0.4) is 0 Å². The minimum absolute atomic E-state index is 0.155. The number of nitrogens with one attached hydrogen (secondary N) is 1. The Labute approximate surface area is 108 Å². The standard InChI is InChI=1S/C13H22N2OS/c1-4-5-14-12(8-16)9-17-13-7-10(2)6-11(3)15-13/h6-7,12,14,16H,4-5,8-9H2,1-3H3. The molecule has 0 saturated heterocycles. The van der Waals surface area contributed by atoms with Gasteiger partial charge in [-0.15, -0.1) is 11.8 Å². The fourth-order valence-electron chi connectivity index (χ4n) is 1.59. The summed E-state index contributed by atoms with van der Waals surface area (Å²) in [7, 11) is 0. The number of aliphatic hydroxyl groups excluding tert-OH is 1. The van der Waals surface area contributed by atoms with Crippen LogP contribution in [0.4, 0.5) is 0 Å². The first-order valence-corrected chi connectivity index (χ1v) is 7.06. The van der Waals surface area contributed by atoms with E-state index in [0.717, 1.165) is 29.4 Å². The van der Waals surface area contributed by atoms with Crippen molar-refractivity contribution in [3.05, 3.63) is 23.4 Å². The number of aryl methyl sites for hydroxylation is 2. The molecule has 0 spiro atoms. The second kappa shape index (κ2) is 7.69. The van der Waals surface area contributed by atoms with Gasteiger partial charge in [0, 0.05) is 17.5 Å². The highest BCUT2D eigenvalue weighted by atomic mass is 32.2. The first-order chi connectivity index (χ1) is 8.15. The number of thioether (sulfide) groups is 1. The number of nitrogens with zero attached hydrogens (tertiary/aromatic N) is 1. The maximum absolute atomic E-state index is 9.24. The van der Waals surface area contributed by atoms with E-state index in [1.807, 2.05) is 6.92 Å². The van der Waals surface area contributed by atoms with Gasteiger partial charge in [0.1, 0.15) is 0 Å². The lowest BCUT2D eigenvalue weighted by molar-refractivity contribution is 0.254. The molecule has 96 valence electrons. The summed E-state index contributed by atoms with van der Waals surface area (Å²) < 4.78 is 0. The second-order valence-corrected chi connectivity index (χ2v) is 5.31. The van der Waals surface area contributed by atoms with E-state index in [1.165, 1.54) is 5.56 Å². The maximum atomic E-state index is 9.24. The second-order valence-electron chi connectivity index (χ2n) is 4.27. The highest BCUT2D eigenvalue weighted by molar-refractivity contribution is 7.99. The molecule has 4 heteroatoms. The van der Waals surface area contributed by atoms with E-state index in [9.17, 15) is 5.11 Å². The van der Waals surface area contributed by atoms with E-state index >= 15 is 0 Å². The Hall–Kier alpha value is -0.580. The van der Waals surface area contributed by atoms with Gasteiger partial charge in [0.25, 0.3) is 0 Å². The van der Waals surface area contributed by atoms with E-state index in [4.69, 9.17) is 0 Å². The molecule has 1 rings (SSSR count). The molecule has 0 radical (unpaired) electrons. The molecule has 0 aromatic carbocycles. The largest absolute Gasteiger partial charge is 0.395 e. The number of aliphatic hydroxyl groups is 1. The van der Waals surface area contributed by atoms with Crippen LogP contribution in [0, 0.1) is 13.8 Å². The van der Waals surface area contributed by atoms with Crippen LogP contribution >= 0.6 is 11.8 Å². The summed E-state index contributed by atoms with van der Waals surface area (Å²) in [6, 6.07) is 4.32. The zero-order valence-corrected chi connectivity index (χ0v) is 11.7. The minimum atomic E-state index is 0.155. The third kappa shape index (κ3) is 5.52. The Kier molecular flexibility index (Phi) is 6.55. The smallest absolute Gasteiger partial charge is 0.0966 e. The number of hydrogen-bond acceptors (Lipinski definition) is 4. The van der Waals surface area contributed by atoms with Crippen molar-refractivity contribution < 1.29 is 5.11 Å². The van der Waals surface area contributed by atoms with Crippen molar-refractivity contribution in [2.75, 3.05) is 18.9 Å². The summed E-state index contributed by atoms with van der Waals surface area (Å²) in [5.74, 6) is 0.854. The molecule has 0 fully saturated rings. The molecule has 3 nitrogen and oxygen atoms in total. The van der Waals surface area contributed by atoms with E-state index < -0.39 is 0 Å². The van der Waals surface area contributed by atoms with Crippen LogP contribution in [0.2, 0.25) is 0 Å². The summed E-state index contributed by atoms with van der Waals surface area (Å²) in [5, 5.41) is 13.6. The normalized spacial score (nSPS) is 12.7. The molecule has 0 aliphatic heterocycles. The van der Waals surface area contributed by atoms with Crippen LogP contribution in [0.15, 0.2) is 17.2 Å². The number of aromatic nitrogens is 1. The average Bonchev–Trinajstić information content (AvgIpc) is 2.28. The fourth-order valence-corrected chi connectivity index (χ4v) is 2.66. The zero-order valence-electron chi connectivity index (χ0n) is 10.9. The Morgan fingerprint density at radius 1 is 1.41 bits per heavy atom. The van der Waals surface area contributed by atoms with Gasteiger partial charge in [-0.3, -0.25) is 0 Å². The molecule has 1 unspecified atom stereocenters. The summed E-state index contributed by atoms with van der Waals surface area (Å²) in [6.07, 6.45) is 1.09. The van der Waals surface area contributed by atoms with Gasteiger partial charge in [0.2, 0.25) is 0 Å². The third-order valence-electron chi connectivity index (χ3n) is 2.41. The molecule has 1 heterocycles. The SMILES string of the molecule is CCCNC(CO)CSc1cc(C)cc(C)n1. The first kappa shape index (κ1) is 14.5. The van der Waals surface area contributed by atoms with Gasteiger partial charge in [0.15, 0.2) is 0 Å². The molecular weight excluding hydrogens is 232 g/mol. The molecule has 0 amide bonds. The van der Waals surface area contributed by atoms with E-state index in [2.05, 4.69) is 36.3 Å². The molecule has 17 heavy (non-hydrogen) atoms. The highest BCUT2D eigenvalue weighted by Gasteiger charge is 2.07. The van der Waals surface area contributed by atoms with Gasteiger partial charge in [-0.05, 0) is 44.5 Å². The molecule has 0 saturated carbocycles.